The first-order valence-corrected chi connectivity index (χ1v) is 8.68. The Labute approximate surface area is 115 Å². The van der Waals surface area contributed by atoms with E-state index in [1.54, 1.807) is 0 Å². The Morgan fingerprint density at radius 1 is 0.800 bits per heavy atom. The molecule has 122 valence electrons. The van der Waals surface area contributed by atoms with Gasteiger partial charge in [0.15, 0.2) is 0 Å². The van der Waals surface area contributed by atoms with Crippen LogP contribution in [-0.4, -0.2) is 58.2 Å². The van der Waals surface area contributed by atoms with Gasteiger partial charge in [0.25, 0.3) is 0 Å². The second kappa shape index (κ2) is 7.05. The van der Waals surface area contributed by atoms with Crippen molar-refractivity contribution in [3.63, 3.8) is 0 Å². The van der Waals surface area contributed by atoms with Crippen molar-refractivity contribution in [1.82, 2.24) is 0 Å². The van der Waals surface area contributed by atoms with Crippen LogP contribution < -0.4 is 0 Å². The van der Waals surface area contributed by atoms with Gasteiger partial charge in [0.2, 0.25) is 0 Å². The Hall–Kier alpha value is -0.390. The molecule has 2 atom stereocenters. The van der Waals surface area contributed by atoms with Crippen LogP contribution in [-0.2, 0) is 43.7 Å². The summed E-state index contributed by atoms with van der Waals surface area (Å²) in [5, 5.41) is 0. The molecular formula is C5H12O12S3. The van der Waals surface area contributed by atoms with E-state index in [4.69, 9.17) is 13.7 Å². The average molecular weight is 360 g/mol. The minimum Gasteiger partial charge on any atom is -0.264 e. The second-order valence-corrected chi connectivity index (χ2v) is 6.69. The molecule has 0 aromatic rings. The molecule has 2 unspecified atom stereocenters. The minimum atomic E-state index is -5.01. The minimum absolute atomic E-state index is 0.812. The quantitative estimate of drug-likeness (QED) is 0.401. The van der Waals surface area contributed by atoms with Crippen molar-refractivity contribution in [2.45, 2.75) is 13.0 Å². The molecule has 0 rings (SSSR count). The standard InChI is InChI=1S/C5H12O12S3/c1-4(2-15-18(6,7)8)5(17-20(12,13)14)3-16-19(9,10)11/h4-5H,2-3H2,1H3,(H,6,7,8)(H,9,10,11)(H,12,13,14). The maximum absolute atomic E-state index is 10.5. The van der Waals surface area contributed by atoms with E-state index in [0.717, 1.165) is 6.92 Å². The van der Waals surface area contributed by atoms with E-state index in [1.165, 1.54) is 0 Å². The molecule has 20 heavy (non-hydrogen) atoms. The maximum atomic E-state index is 10.5. The summed E-state index contributed by atoms with van der Waals surface area (Å²) in [7, 11) is -14.7. The lowest BCUT2D eigenvalue weighted by molar-refractivity contribution is 0.0544. The molecule has 0 aliphatic rings. The summed E-state index contributed by atoms with van der Waals surface area (Å²) < 4.78 is 99.3. The van der Waals surface area contributed by atoms with Gasteiger partial charge in [0, 0.05) is 5.92 Å². The van der Waals surface area contributed by atoms with E-state index in [0.29, 0.717) is 0 Å². The predicted octanol–water partition coefficient (Wildman–Crippen LogP) is -1.55. The third-order valence-electron chi connectivity index (χ3n) is 1.74. The Bertz CT molecular complexity index is 599. The van der Waals surface area contributed by atoms with Gasteiger partial charge in [-0.3, -0.25) is 13.7 Å². The molecule has 0 aromatic heterocycles. The first-order valence-electron chi connectivity index (χ1n) is 4.59. The molecule has 12 nitrogen and oxygen atoms in total. The van der Waals surface area contributed by atoms with Crippen molar-refractivity contribution in [1.29, 1.82) is 0 Å². The Balaban J connectivity index is 4.83. The Kier molecular flexibility index (Phi) is 6.91. The zero-order valence-electron chi connectivity index (χ0n) is 9.81. The highest BCUT2D eigenvalue weighted by atomic mass is 32.3. The first-order chi connectivity index (χ1) is 8.70. The van der Waals surface area contributed by atoms with Crippen molar-refractivity contribution < 1.29 is 51.5 Å². The molecule has 0 aliphatic heterocycles. The lowest BCUT2D eigenvalue weighted by Crippen LogP contribution is -2.33. The zero-order chi connectivity index (χ0) is 16.2. The van der Waals surface area contributed by atoms with Crippen LogP contribution in [0.1, 0.15) is 6.92 Å². The van der Waals surface area contributed by atoms with Crippen LogP contribution in [0.4, 0.5) is 0 Å². The monoisotopic (exact) mass is 360 g/mol. The van der Waals surface area contributed by atoms with E-state index in [2.05, 4.69) is 12.5 Å². The molecule has 0 amide bonds. The molecular weight excluding hydrogens is 348 g/mol. The third kappa shape index (κ3) is 11.4. The number of rotatable bonds is 9. The van der Waals surface area contributed by atoms with Gasteiger partial charge in [-0.15, -0.1) is 0 Å². The van der Waals surface area contributed by atoms with E-state index >= 15 is 0 Å². The van der Waals surface area contributed by atoms with Crippen LogP contribution in [0.15, 0.2) is 0 Å². The van der Waals surface area contributed by atoms with Crippen molar-refractivity contribution in [3.05, 3.63) is 0 Å². The lowest BCUT2D eigenvalue weighted by Gasteiger charge is -2.20. The second-order valence-electron chi connectivity index (χ2n) is 3.46. The number of hydrogen-bond donors (Lipinski definition) is 3. The van der Waals surface area contributed by atoms with Crippen LogP contribution in [0.3, 0.4) is 0 Å². The van der Waals surface area contributed by atoms with Gasteiger partial charge < -0.3 is 0 Å². The molecule has 0 spiro atoms. The van der Waals surface area contributed by atoms with E-state index in [-0.39, 0.29) is 0 Å². The SMILES string of the molecule is CC(COS(=O)(=O)O)C(COS(=O)(=O)O)OS(=O)(=O)O. The zero-order valence-corrected chi connectivity index (χ0v) is 12.3. The predicted molar refractivity (Wildman–Crippen MR) is 60.6 cm³/mol. The normalized spacial score (nSPS) is 16.8. The first kappa shape index (κ1) is 19.6. The smallest absolute Gasteiger partial charge is 0.264 e. The Morgan fingerprint density at radius 2 is 1.20 bits per heavy atom. The summed E-state index contributed by atoms with van der Waals surface area (Å²) in [5.74, 6) is -1.17. The fourth-order valence-corrected chi connectivity index (χ4v) is 2.15. The van der Waals surface area contributed by atoms with Gasteiger partial charge in [-0.25, -0.2) is 12.5 Å². The molecule has 0 heterocycles. The summed E-state index contributed by atoms with van der Waals surface area (Å²) in [4.78, 5) is 0. The van der Waals surface area contributed by atoms with Gasteiger partial charge in [-0.2, -0.15) is 25.3 Å². The summed E-state index contributed by atoms with van der Waals surface area (Å²) in [6, 6.07) is 0. The van der Waals surface area contributed by atoms with E-state index in [9.17, 15) is 25.3 Å². The van der Waals surface area contributed by atoms with Gasteiger partial charge in [-0.05, 0) is 0 Å². The van der Waals surface area contributed by atoms with E-state index in [1.807, 2.05) is 0 Å². The average Bonchev–Trinajstić information content (AvgIpc) is 2.16. The van der Waals surface area contributed by atoms with Gasteiger partial charge in [-0.1, -0.05) is 6.92 Å². The van der Waals surface area contributed by atoms with Crippen LogP contribution in [0, 0.1) is 5.92 Å². The van der Waals surface area contributed by atoms with Crippen molar-refractivity contribution in [3.8, 4) is 0 Å². The van der Waals surface area contributed by atoms with Gasteiger partial charge in [0.1, 0.15) is 6.10 Å². The topological polar surface area (TPSA) is 191 Å². The van der Waals surface area contributed by atoms with Crippen molar-refractivity contribution >= 4 is 31.2 Å². The van der Waals surface area contributed by atoms with Gasteiger partial charge >= 0.3 is 31.2 Å². The van der Waals surface area contributed by atoms with E-state index < -0.39 is 56.4 Å². The van der Waals surface area contributed by atoms with Crippen molar-refractivity contribution in [2.75, 3.05) is 13.2 Å². The maximum Gasteiger partial charge on any atom is 0.397 e. The van der Waals surface area contributed by atoms with Crippen LogP contribution in [0.2, 0.25) is 0 Å². The molecule has 0 radical (unpaired) electrons. The summed E-state index contributed by atoms with van der Waals surface area (Å²) >= 11 is 0. The number of hydrogen-bond acceptors (Lipinski definition) is 9. The lowest BCUT2D eigenvalue weighted by atomic mass is 10.1. The van der Waals surface area contributed by atoms with Crippen LogP contribution >= 0.6 is 0 Å². The Morgan fingerprint density at radius 3 is 1.55 bits per heavy atom. The summed E-state index contributed by atoms with van der Waals surface area (Å²) in [5.41, 5.74) is 0. The molecule has 15 heteroatoms. The fraction of sp³-hybridized carbons (Fsp3) is 1.00. The van der Waals surface area contributed by atoms with Crippen molar-refractivity contribution in [2.24, 2.45) is 5.92 Å². The third-order valence-corrected chi connectivity index (χ3v) is 3.10. The molecule has 0 aromatic carbocycles. The summed E-state index contributed by atoms with van der Waals surface area (Å²) in [6.45, 7) is -0.739. The fourth-order valence-electron chi connectivity index (χ4n) is 0.897. The highest BCUT2D eigenvalue weighted by Crippen LogP contribution is 2.13. The highest BCUT2D eigenvalue weighted by Gasteiger charge is 2.27. The molecule has 0 aliphatic carbocycles. The molecule has 0 saturated carbocycles. The van der Waals surface area contributed by atoms with Crippen LogP contribution in [0.25, 0.3) is 0 Å². The summed E-state index contributed by atoms with van der Waals surface area (Å²) in [6.07, 6.45) is -1.71. The highest BCUT2D eigenvalue weighted by molar-refractivity contribution is 7.81. The largest absolute Gasteiger partial charge is 0.397 e. The molecule has 0 saturated heterocycles. The molecule has 0 bridgehead atoms. The molecule has 3 N–H and O–H groups in total. The van der Waals surface area contributed by atoms with Crippen LogP contribution in [0.5, 0.6) is 0 Å². The van der Waals surface area contributed by atoms with Gasteiger partial charge in [0.05, 0.1) is 13.2 Å². The molecule has 0 fully saturated rings.